The molecule has 2 N–H and O–H groups in total. The molecule has 0 aromatic heterocycles. The van der Waals surface area contributed by atoms with Crippen LogP contribution in [-0.4, -0.2) is 47.6 Å². The van der Waals surface area contributed by atoms with E-state index in [0.29, 0.717) is 35.8 Å². The summed E-state index contributed by atoms with van der Waals surface area (Å²) in [5.74, 6) is 0.147. The lowest BCUT2D eigenvalue weighted by Crippen LogP contribution is -2.57. The van der Waals surface area contributed by atoms with Gasteiger partial charge in [-0.05, 0) is 93.8 Å². The Bertz CT molecular complexity index is 1220. The van der Waals surface area contributed by atoms with Gasteiger partial charge in [0.1, 0.15) is 23.4 Å². The number of carbonyl (C=O) groups excluding carboxylic acids is 3. The van der Waals surface area contributed by atoms with Gasteiger partial charge in [0.25, 0.3) is 5.91 Å². The van der Waals surface area contributed by atoms with Crippen molar-refractivity contribution >= 4 is 29.7 Å². The van der Waals surface area contributed by atoms with Crippen LogP contribution >= 0.6 is 0 Å². The molecule has 0 spiro atoms. The fraction of sp³-hybridized carbons (Fsp3) is 0.514. The number of hydrogen-bond acceptors (Lipinski definition) is 5. The number of benzene rings is 2. The molecule has 0 bridgehead atoms. The van der Waals surface area contributed by atoms with Gasteiger partial charge in [0, 0.05) is 11.7 Å². The zero-order valence-corrected chi connectivity index (χ0v) is 27.4. The number of hydrogen-bond donors (Lipinski definition) is 2. The van der Waals surface area contributed by atoms with E-state index in [9.17, 15) is 14.4 Å². The summed E-state index contributed by atoms with van der Waals surface area (Å²) in [6.07, 6.45) is 3.21. The van der Waals surface area contributed by atoms with Gasteiger partial charge in [-0.3, -0.25) is 9.59 Å². The Morgan fingerprint density at radius 2 is 1.65 bits per heavy atom. The van der Waals surface area contributed by atoms with E-state index < -0.39 is 23.8 Å². The van der Waals surface area contributed by atoms with E-state index in [4.69, 9.17) is 9.47 Å². The summed E-state index contributed by atoms with van der Waals surface area (Å²) in [5, 5.41) is 5.85. The molecule has 4 unspecified atom stereocenters. The fourth-order valence-electron chi connectivity index (χ4n) is 4.77. The molecular weight excluding hydrogens is 542 g/mol. The van der Waals surface area contributed by atoms with Crippen molar-refractivity contribution in [3.8, 4) is 5.75 Å². The molecular formula is C35H51N3O5. The molecule has 43 heavy (non-hydrogen) atoms. The van der Waals surface area contributed by atoms with Gasteiger partial charge in [0.15, 0.2) is 0 Å². The van der Waals surface area contributed by atoms with Crippen LogP contribution in [0, 0.1) is 11.8 Å². The molecule has 0 aliphatic carbocycles. The number of nitrogens with zero attached hydrogens (tertiary/aromatic N) is 1. The summed E-state index contributed by atoms with van der Waals surface area (Å²) in [6, 6.07) is 12.3. The topological polar surface area (TPSA) is 97.0 Å². The molecule has 236 valence electrons. The number of alkyl carbamates (subject to hydrolysis) is 1. The molecule has 4 atom stereocenters. The highest BCUT2D eigenvalue weighted by Crippen LogP contribution is 2.31. The lowest BCUT2D eigenvalue weighted by Gasteiger charge is -2.40. The Morgan fingerprint density at radius 1 is 1.00 bits per heavy atom. The molecule has 0 fully saturated rings. The molecule has 0 saturated heterocycles. The van der Waals surface area contributed by atoms with Crippen LogP contribution in [0.1, 0.15) is 91.8 Å². The summed E-state index contributed by atoms with van der Waals surface area (Å²) < 4.78 is 10.8. The summed E-state index contributed by atoms with van der Waals surface area (Å²) in [7, 11) is 1.58. The van der Waals surface area contributed by atoms with Gasteiger partial charge in [0.05, 0.1) is 7.11 Å². The van der Waals surface area contributed by atoms with Gasteiger partial charge in [-0.25, -0.2) is 4.79 Å². The Balaban J connectivity index is 2.67. The van der Waals surface area contributed by atoms with Crippen LogP contribution in [0.15, 0.2) is 55.1 Å². The van der Waals surface area contributed by atoms with E-state index in [1.807, 2.05) is 45.0 Å². The molecule has 8 nitrogen and oxygen atoms in total. The van der Waals surface area contributed by atoms with Gasteiger partial charge >= 0.3 is 6.09 Å². The Labute approximate surface area is 258 Å². The first-order valence-corrected chi connectivity index (χ1v) is 15.2. The van der Waals surface area contributed by atoms with Crippen LogP contribution in [-0.2, 0) is 14.3 Å². The first kappa shape index (κ1) is 35.4. The molecule has 0 heterocycles. The van der Waals surface area contributed by atoms with Crippen LogP contribution in [0.5, 0.6) is 5.75 Å². The average molecular weight is 594 g/mol. The molecule has 2 aromatic rings. The van der Waals surface area contributed by atoms with Crippen molar-refractivity contribution in [2.45, 2.75) is 98.4 Å². The number of carbonyl (C=O) groups is 3. The van der Waals surface area contributed by atoms with E-state index in [-0.39, 0.29) is 23.8 Å². The van der Waals surface area contributed by atoms with Crippen molar-refractivity contribution in [1.29, 1.82) is 0 Å². The molecule has 0 aliphatic heterocycles. The van der Waals surface area contributed by atoms with Crippen LogP contribution < -0.4 is 15.4 Å². The summed E-state index contributed by atoms with van der Waals surface area (Å²) >= 11 is 0. The van der Waals surface area contributed by atoms with Crippen molar-refractivity contribution in [2.24, 2.45) is 11.8 Å². The second-order valence-corrected chi connectivity index (χ2v) is 12.6. The van der Waals surface area contributed by atoms with Crippen LogP contribution in [0.3, 0.4) is 0 Å². The number of methoxy groups -OCH3 is 1. The Morgan fingerprint density at radius 3 is 2.19 bits per heavy atom. The van der Waals surface area contributed by atoms with Crippen molar-refractivity contribution < 1.29 is 23.9 Å². The quantitative estimate of drug-likeness (QED) is 0.235. The smallest absolute Gasteiger partial charge is 0.408 e. The maximum atomic E-state index is 14.7. The zero-order chi connectivity index (χ0) is 32.3. The van der Waals surface area contributed by atoms with E-state index in [2.05, 4.69) is 31.1 Å². The minimum atomic E-state index is -0.983. The SMILES string of the molecule is C=Cc1cccc(C(C(=O)Nc2ccc(OC)cc2)N(C(=O)C(NC(=O)OC(C)(C)C)C(C)CC)C(C)CCC(C)C)c1. The van der Waals surface area contributed by atoms with Crippen LogP contribution in [0.4, 0.5) is 10.5 Å². The molecule has 8 heteroatoms. The molecule has 0 aliphatic rings. The highest BCUT2D eigenvalue weighted by molar-refractivity contribution is 5.99. The molecule has 2 rings (SSSR count). The van der Waals surface area contributed by atoms with E-state index in [1.165, 1.54) is 0 Å². The first-order valence-electron chi connectivity index (χ1n) is 15.2. The predicted molar refractivity (Wildman–Crippen MR) is 174 cm³/mol. The maximum absolute atomic E-state index is 14.7. The fourth-order valence-corrected chi connectivity index (χ4v) is 4.77. The number of ether oxygens (including phenoxy) is 2. The van der Waals surface area contributed by atoms with Gasteiger partial charge in [-0.2, -0.15) is 0 Å². The third-order valence-corrected chi connectivity index (χ3v) is 7.39. The van der Waals surface area contributed by atoms with E-state index in [1.54, 1.807) is 63.1 Å². The average Bonchev–Trinajstić information content (AvgIpc) is 2.96. The van der Waals surface area contributed by atoms with Crippen LogP contribution in [0.2, 0.25) is 0 Å². The van der Waals surface area contributed by atoms with E-state index >= 15 is 0 Å². The number of rotatable bonds is 14. The van der Waals surface area contributed by atoms with E-state index in [0.717, 1.165) is 12.0 Å². The van der Waals surface area contributed by atoms with Crippen molar-refractivity contribution in [3.05, 3.63) is 66.2 Å². The number of amides is 3. The minimum absolute atomic E-state index is 0.218. The summed E-state index contributed by atoms with van der Waals surface area (Å²) in [6.45, 7) is 19.3. The normalized spacial score (nSPS) is 14.2. The standard InChI is InChI=1S/C35H51N3O5/c1-11-24(5)30(37-34(41)43-35(7,8)9)33(40)38(25(6)17-16-23(3)4)31(27-15-13-14-26(12-2)22-27)32(39)36-28-18-20-29(42-10)21-19-28/h12-15,18-25,30-31H,2,11,16-17H2,1,3-10H3,(H,36,39)(H,37,41). The maximum Gasteiger partial charge on any atom is 0.408 e. The van der Waals surface area contributed by atoms with Crippen LogP contribution in [0.25, 0.3) is 6.08 Å². The van der Waals surface area contributed by atoms with Gasteiger partial charge in [0.2, 0.25) is 5.91 Å². The number of anilines is 1. The van der Waals surface area contributed by atoms with Crippen molar-refractivity contribution in [2.75, 3.05) is 12.4 Å². The summed E-state index contributed by atoms with van der Waals surface area (Å²) in [5.41, 5.74) is 1.31. The Hall–Kier alpha value is -3.81. The largest absolute Gasteiger partial charge is 0.497 e. The second kappa shape index (κ2) is 16.1. The number of nitrogens with one attached hydrogen (secondary N) is 2. The molecule has 0 radical (unpaired) electrons. The van der Waals surface area contributed by atoms with Gasteiger partial charge in [-0.15, -0.1) is 0 Å². The van der Waals surface area contributed by atoms with Crippen molar-refractivity contribution in [1.82, 2.24) is 10.2 Å². The lowest BCUT2D eigenvalue weighted by atomic mass is 9.92. The third-order valence-electron chi connectivity index (χ3n) is 7.39. The highest BCUT2D eigenvalue weighted by Gasteiger charge is 2.40. The monoisotopic (exact) mass is 593 g/mol. The van der Waals surface area contributed by atoms with Gasteiger partial charge in [-0.1, -0.05) is 65.0 Å². The second-order valence-electron chi connectivity index (χ2n) is 12.6. The molecule has 2 aromatic carbocycles. The lowest BCUT2D eigenvalue weighted by molar-refractivity contribution is -0.144. The zero-order valence-electron chi connectivity index (χ0n) is 27.4. The van der Waals surface area contributed by atoms with Crippen molar-refractivity contribution in [3.63, 3.8) is 0 Å². The Kier molecular flexibility index (Phi) is 13.3. The highest BCUT2D eigenvalue weighted by atomic mass is 16.6. The summed E-state index contributed by atoms with van der Waals surface area (Å²) in [4.78, 5) is 43.5. The predicted octanol–water partition coefficient (Wildman–Crippen LogP) is 7.61. The minimum Gasteiger partial charge on any atom is -0.497 e. The first-order chi connectivity index (χ1) is 20.2. The van der Waals surface area contributed by atoms with Gasteiger partial charge < -0.3 is 25.0 Å². The molecule has 0 saturated carbocycles. The third kappa shape index (κ3) is 10.8. The molecule has 3 amide bonds.